The molecule has 0 aliphatic rings. The monoisotopic (exact) mass is 429 g/mol. The van der Waals surface area contributed by atoms with Gasteiger partial charge in [0.15, 0.2) is 5.03 Å². The van der Waals surface area contributed by atoms with Crippen LogP contribution in [0.1, 0.15) is 5.56 Å². The van der Waals surface area contributed by atoms with Crippen LogP contribution in [-0.4, -0.2) is 37.6 Å². The Morgan fingerprint density at radius 1 is 1.03 bits per heavy atom. The van der Waals surface area contributed by atoms with Gasteiger partial charge in [0.25, 0.3) is 0 Å². The Kier molecular flexibility index (Phi) is 6.35. The average Bonchev–Trinajstić information content (AvgIpc) is 3.10. The van der Waals surface area contributed by atoms with E-state index in [0.29, 0.717) is 18.0 Å². The molecule has 0 amide bonds. The van der Waals surface area contributed by atoms with Gasteiger partial charge in [-0.05, 0) is 37.2 Å². The van der Waals surface area contributed by atoms with Crippen LogP contribution in [0.25, 0.3) is 11.4 Å². The first-order valence-electron chi connectivity index (χ1n) is 9.54. The number of aryl methyl sites for hydroxylation is 1. The molecular formula is C21H27N3O3SSi. The third-order valence-electron chi connectivity index (χ3n) is 4.51. The number of pyridine rings is 1. The Hall–Kier alpha value is -2.29. The van der Waals surface area contributed by atoms with Crippen molar-refractivity contribution in [1.29, 1.82) is 0 Å². The summed E-state index contributed by atoms with van der Waals surface area (Å²) in [5.74, 6) is 0. The number of hydrogen-bond donors (Lipinski definition) is 0. The normalized spacial score (nSPS) is 12.3. The van der Waals surface area contributed by atoms with Gasteiger partial charge in [-0.1, -0.05) is 43.4 Å². The van der Waals surface area contributed by atoms with Crippen LogP contribution in [0.2, 0.25) is 25.7 Å². The van der Waals surface area contributed by atoms with Crippen LogP contribution < -0.4 is 0 Å². The van der Waals surface area contributed by atoms with E-state index in [1.54, 1.807) is 47.2 Å². The zero-order chi connectivity index (χ0) is 21.1. The topological polar surface area (TPSA) is 74.1 Å². The number of imidazole rings is 1. The minimum absolute atomic E-state index is 0.105. The van der Waals surface area contributed by atoms with E-state index in [1.165, 1.54) is 6.33 Å². The number of hydrogen-bond acceptors (Lipinski definition) is 5. The summed E-state index contributed by atoms with van der Waals surface area (Å²) in [5, 5.41) is 0.105. The number of nitrogens with zero attached hydrogens (tertiary/aromatic N) is 3. The van der Waals surface area contributed by atoms with Gasteiger partial charge in [0, 0.05) is 20.9 Å². The molecule has 29 heavy (non-hydrogen) atoms. The van der Waals surface area contributed by atoms with Crippen molar-refractivity contribution >= 4 is 17.9 Å². The molecule has 3 aromatic rings. The fourth-order valence-corrected chi connectivity index (χ4v) is 5.09. The molecule has 2 heterocycles. The summed E-state index contributed by atoms with van der Waals surface area (Å²) in [5.41, 5.74) is 1.84. The van der Waals surface area contributed by atoms with Gasteiger partial charge in [0.05, 0.1) is 16.9 Å². The van der Waals surface area contributed by atoms with Crippen LogP contribution >= 0.6 is 0 Å². The maximum absolute atomic E-state index is 13.5. The molecule has 0 atom stereocenters. The first-order chi connectivity index (χ1) is 13.7. The van der Waals surface area contributed by atoms with Gasteiger partial charge in [-0.2, -0.15) is 0 Å². The van der Waals surface area contributed by atoms with Gasteiger partial charge in [-0.15, -0.1) is 0 Å². The molecule has 0 fully saturated rings. The molecule has 0 saturated carbocycles. The van der Waals surface area contributed by atoms with E-state index in [9.17, 15) is 8.42 Å². The highest BCUT2D eigenvalue weighted by Gasteiger charge is 2.28. The van der Waals surface area contributed by atoms with E-state index in [2.05, 4.69) is 29.6 Å². The van der Waals surface area contributed by atoms with Crippen molar-refractivity contribution in [3.05, 3.63) is 60.6 Å². The quantitative estimate of drug-likeness (QED) is 0.392. The van der Waals surface area contributed by atoms with Crippen LogP contribution in [0.5, 0.6) is 0 Å². The predicted molar refractivity (Wildman–Crippen MR) is 116 cm³/mol. The minimum Gasteiger partial charge on any atom is -0.361 e. The minimum atomic E-state index is -3.80. The molecule has 6 nitrogen and oxygen atoms in total. The molecule has 0 radical (unpaired) electrons. The standard InChI is InChI=1S/C21H27N3O3SSi/c1-17-8-10-18(11-9-17)28(25,26)21-20(19-7-5-6-12-22-19)23-15-24(21)16-27-13-14-29(2,3)4/h5-12,15H,13-14,16H2,1-4H3. The number of benzene rings is 1. The van der Waals surface area contributed by atoms with Crippen molar-refractivity contribution in [2.75, 3.05) is 6.61 Å². The van der Waals surface area contributed by atoms with Gasteiger partial charge in [-0.25, -0.2) is 13.4 Å². The molecule has 2 aromatic heterocycles. The SMILES string of the molecule is Cc1ccc(S(=O)(=O)c2c(-c3ccccn3)ncn2COCC[Si](C)(C)C)cc1. The highest BCUT2D eigenvalue weighted by molar-refractivity contribution is 7.91. The fourth-order valence-electron chi connectivity index (χ4n) is 2.79. The second kappa shape index (κ2) is 8.60. The lowest BCUT2D eigenvalue weighted by molar-refractivity contribution is 0.0816. The first kappa shape index (κ1) is 21.4. The molecule has 0 N–H and O–H groups in total. The summed E-state index contributed by atoms with van der Waals surface area (Å²) in [6.07, 6.45) is 3.14. The Labute approximate surface area is 173 Å². The van der Waals surface area contributed by atoms with Crippen molar-refractivity contribution in [3.8, 4) is 11.4 Å². The Morgan fingerprint density at radius 3 is 2.38 bits per heavy atom. The Morgan fingerprint density at radius 2 is 1.76 bits per heavy atom. The van der Waals surface area contributed by atoms with Crippen molar-refractivity contribution in [2.24, 2.45) is 0 Å². The number of ether oxygens (including phenoxy) is 1. The summed E-state index contributed by atoms with van der Waals surface area (Å²) >= 11 is 0. The van der Waals surface area contributed by atoms with E-state index in [4.69, 9.17) is 4.74 Å². The van der Waals surface area contributed by atoms with Gasteiger partial charge < -0.3 is 4.74 Å². The second-order valence-electron chi connectivity index (χ2n) is 8.25. The second-order valence-corrected chi connectivity index (χ2v) is 15.7. The van der Waals surface area contributed by atoms with Crippen LogP contribution in [0.3, 0.4) is 0 Å². The molecule has 154 valence electrons. The van der Waals surface area contributed by atoms with Crippen LogP contribution in [0, 0.1) is 6.92 Å². The molecule has 3 rings (SSSR count). The molecular weight excluding hydrogens is 402 g/mol. The number of sulfone groups is 1. The predicted octanol–water partition coefficient (Wildman–Crippen LogP) is 4.40. The molecule has 0 unspecified atom stereocenters. The van der Waals surface area contributed by atoms with Crippen LogP contribution in [-0.2, 0) is 21.3 Å². The third-order valence-corrected chi connectivity index (χ3v) is 8.04. The number of rotatable bonds is 8. The average molecular weight is 430 g/mol. The van der Waals surface area contributed by atoms with Gasteiger partial charge in [-0.3, -0.25) is 9.55 Å². The summed E-state index contributed by atoms with van der Waals surface area (Å²) in [4.78, 5) is 8.90. The smallest absolute Gasteiger partial charge is 0.224 e. The van der Waals surface area contributed by atoms with E-state index in [0.717, 1.165) is 11.6 Å². The molecule has 0 aliphatic heterocycles. The van der Waals surface area contributed by atoms with Crippen molar-refractivity contribution in [1.82, 2.24) is 14.5 Å². The molecule has 0 bridgehead atoms. The first-order valence-corrected chi connectivity index (χ1v) is 14.7. The largest absolute Gasteiger partial charge is 0.361 e. The highest BCUT2D eigenvalue weighted by atomic mass is 32.2. The Bertz CT molecular complexity index is 1060. The summed E-state index contributed by atoms with van der Waals surface area (Å²) < 4.78 is 34.3. The van der Waals surface area contributed by atoms with E-state index in [-0.39, 0.29) is 16.7 Å². The maximum atomic E-state index is 13.5. The molecule has 8 heteroatoms. The maximum Gasteiger partial charge on any atom is 0.224 e. The molecule has 1 aromatic carbocycles. The van der Waals surface area contributed by atoms with E-state index >= 15 is 0 Å². The van der Waals surface area contributed by atoms with Gasteiger partial charge in [0.1, 0.15) is 12.4 Å². The van der Waals surface area contributed by atoms with Gasteiger partial charge in [0.2, 0.25) is 9.84 Å². The lowest BCUT2D eigenvalue weighted by Gasteiger charge is -2.16. The van der Waals surface area contributed by atoms with Crippen molar-refractivity contribution < 1.29 is 13.2 Å². The van der Waals surface area contributed by atoms with E-state index < -0.39 is 17.9 Å². The lowest BCUT2D eigenvalue weighted by Crippen LogP contribution is -2.22. The lowest BCUT2D eigenvalue weighted by atomic mass is 10.2. The number of aromatic nitrogens is 3. The zero-order valence-corrected chi connectivity index (χ0v) is 19.1. The summed E-state index contributed by atoms with van der Waals surface area (Å²) in [6, 6.07) is 13.2. The zero-order valence-electron chi connectivity index (χ0n) is 17.3. The third kappa shape index (κ3) is 5.20. The van der Waals surface area contributed by atoms with Crippen LogP contribution in [0.4, 0.5) is 0 Å². The molecule has 0 aliphatic carbocycles. The van der Waals surface area contributed by atoms with E-state index in [1.807, 2.05) is 13.0 Å². The van der Waals surface area contributed by atoms with Crippen molar-refractivity contribution in [2.45, 2.75) is 49.3 Å². The fraction of sp³-hybridized carbons (Fsp3) is 0.333. The van der Waals surface area contributed by atoms with Crippen LogP contribution in [0.15, 0.2) is 64.9 Å². The van der Waals surface area contributed by atoms with Gasteiger partial charge >= 0.3 is 0 Å². The van der Waals surface area contributed by atoms with Crippen molar-refractivity contribution in [3.63, 3.8) is 0 Å². The Balaban J connectivity index is 2.00. The molecule has 0 spiro atoms. The summed E-state index contributed by atoms with van der Waals surface area (Å²) in [6.45, 7) is 9.48. The highest BCUT2D eigenvalue weighted by Crippen LogP contribution is 2.30. The molecule has 0 saturated heterocycles. The summed E-state index contributed by atoms with van der Waals surface area (Å²) in [7, 11) is -5.03.